The van der Waals surface area contributed by atoms with Crippen molar-refractivity contribution in [1.29, 1.82) is 0 Å². The zero-order valence-corrected chi connectivity index (χ0v) is 14.6. The van der Waals surface area contributed by atoms with Crippen LogP contribution < -0.4 is 5.32 Å². The molecule has 0 amide bonds. The van der Waals surface area contributed by atoms with Crippen LogP contribution in [0.3, 0.4) is 0 Å². The molecule has 0 aliphatic carbocycles. The van der Waals surface area contributed by atoms with E-state index in [-0.39, 0.29) is 5.97 Å². The summed E-state index contributed by atoms with van der Waals surface area (Å²) in [6.45, 7) is 4.29. The van der Waals surface area contributed by atoms with Crippen LogP contribution in [-0.2, 0) is 4.74 Å². The number of halogens is 2. The lowest BCUT2D eigenvalue weighted by atomic mass is 10.1. The van der Waals surface area contributed by atoms with Crippen LogP contribution in [0.15, 0.2) is 21.1 Å². The highest BCUT2D eigenvalue weighted by molar-refractivity contribution is 9.11. The average Bonchev–Trinajstić information content (AvgIpc) is 2.38. The Kier molecular flexibility index (Phi) is 6.86. The molecule has 5 heteroatoms. The maximum Gasteiger partial charge on any atom is 0.340 e. The van der Waals surface area contributed by atoms with Gasteiger partial charge in [0.2, 0.25) is 0 Å². The van der Waals surface area contributed by atoms with Crippen molar-refractivity contribution in [2.75, 3.05) is 12.4 Å². The van der Waals surface area contributed by atoms with Crippen molar-refractivity contribution in [2.45, 2.75) is 39.2 Å². The van der Waals surface area contributed by atoms with E-state index in [1.54, 1.807) is 6.07 Å². The minimum absolute atomic E-state index is 0.306. The third-order valence-electron chi connectivity index (χ3n) is 2.84. The summed E-state index contributed by atoms with van der Waals surface area (Å²) in [5, 5.41) is 3.39. The molecule has 0 aliphatic rings. The van der Waals surface area contributed by atoms with E-state index in [4.69, 9.17) is 4.74 Å². The molecule has 0 spiro atoms. The van der Waals surface area contributed by atoms with Crippen molar-refractivity contribution in [3.63, 3.8) is 0 Å². The van der Waals surface area contributed by atoms with Gasteiger partial charge in [0.15, 0.2) is 0 Å². The van der Waals surface area contributed by atoms with Crippen LogP contribution in [0.1, 0.15) is 43.5 Å². The zero-order valence-electron chi connectivity index (χ0n) is 11.4. The van der Waals surface area contributed by atoms with Gasteiger partial charge < -0.3 is 10.1 Å². The highest BCUT2D eigenvalue weighted by atomic mass is 79.9. The highest BCUT2D eigenvalue weighted by Crippen LogP contribution is 2.32. The van der Waals surface area contributed by atoms with Crippen molar-refractivity contribution < 1.29 is 9.53 Å². The van der Waals surface area contributed by atoms with E-state index in [0.717, 1.165) is 33.9 Å². The molecular formula is C14H19Br2NO2. The Morgan fingerprint density at radius 3 is 2.68 bits per heavy atom. The topological polar surface area (TPSA) is 38.3 Å². The minimum atomic E-state index is -0.341. The quantitative estimate of drug-likeness (QED) is 0.693. The Morgan fingerprint density at radius 2 is 2.11 bits per heavy atom. The Labute approximate surface area is 131 Å². The Morgan fingerprint density at radius 1 is 1.42 bits per heavy atom. The summed E-state index contributed by atoms with van der Waals surface area (Å²) in [4.78, 5) is 11.8. The number of anilines is 1. The molecule has 19 heavy (non-hydrogen) atoms. The molecule has 0 saturated heterocycles. The molecule has 0 radical (unpaired) electrons. The number of hydrogen-bond acceptors (Lipinski definition) is 3. The molecule has 0 heterocycles. The molecular weight excluding hydrogens is 374 g/mol. The molecule has 0 saturated carbocycles. The SMILES string of the molecule is CCCCC(C)Nc1c(Br)cc(Br)cc1C(=O)OC. The summed E-state index contributed by atoms with van der Waals surface area (Å²) in [7, 11) is 1.39. The van der Waals surface area contributed by atoms with Gasteiger partial charge in [-0.15, -0.1) is 0 Å². The van der Waals surface area contributed by atoms with Crippen molar-refractivity contribution >= 4 is 43.5 Å². The third kappa shape index (κ3) is 4.80. The Balaban J connectivity index is 3.00. The zero-order chi connectivity index (χ0) is 14.4. The second kappa shape index (κ2) is 7.90. The lowest BCUT2D eigenvalue weighted by molar-refractivity contribution is 0.0601. The fourth-order valence-electron chi connectivity index (χ4n) is 1.82. The van der Waals surface area contributed by atoms with Crippen LogP contribution in [0.4, 0.5) is 5.69 Å². The first-order valence-electron chi connectivity index (χ1n) is 6.33. The van der Waals surface area contributed by atoms with Crippen LogP contribution in [0, 0.1) is 0 Å². The van der Waals surface area contributed by atoms with Crippen LogP contribution in [0.25, 0.3) is 0 Å². The number of benzene rings is 1. The van der Waals surface area contributed by atoms with Gasteiger partial charge in [-0.25, -0.2) is 4.79 Å². The maximum atomic E-state index is 11.8. The van der Waals surface area contributed by atoms with E-state index in [1.165, 1.54) is 7.11 Å². The van der Waals surface area contributed by atoms with Crippen molar-refractivity contribution in [1.82, 2.24) is 0 Å². The fourth-order valence-corrected chi connectivity index (χ4v) is 3.16. The number of carbonyl (C=O) groups excluding carboxylic acids is 1. The van der Waals surface area contributed by atoms with E-state index in [2.05, 4.69) is 51.0 Å². The monoisotopic (exact) mass is 391 g/mol. The molecule has 3 nitrogen and oxygen atoms in total. The van der Waals surface area contributed by atoms with Gasteiger partial charge in [-0.2, -0.15) is 0 Å². The van der Waals surface area contributed by atoms with Gasteiger partial charge >= 0.3 is 5.97 Å². The predicted molar refractivity (Wildman–Crippen MR) is 85.8 cm³/mol. The predicted octanol–water partition coefficient (Wildman–Crippen LogP) is 4.99. The minimum Gasteiger partial charge on any atom is -0.465 e. The first-order valence-corrected chi connectivity index (χ1v) is 7.92. The fraction of sp³-hybridized carbons (Fsp3) is 0.500. The van der Waals surface area contributed by atoms with Crippen LogP contribution >= 0.6 is 31.9 Å². The van der Waals surface area contributed by atoms with Gasteiger partial charge in [0.05, 0.1) is 18.4 Å². The van der Waals surface area contributed by atoms with E-state index in [9.17, 15) is 4.79 Å². The number of carbonyl (C=O) groups is 1. The molecule has 0 bridgehead atoms. The van der Waals surface area contributed by atoms with Crippen LogP contribution in [-0.4, -0.2) is 19.1 Å². The third-order valence-corrected chi connectivity index (χ3v) is 3.92. The summed E-state index contributed by atoms with van der Waals surface area (Å²) < 4.78 is 6.52. The molecule has 0 aliphatic heterocycles. The number of hydrogen-bond donors (Lipinski definition) is 1. The number of methoxy groups -OCH3 is 1. The van der Waals surface area contributed by atoms with E-state index in [0.29, 0.717) is 11.6 Å². The summed E-state index contributed by atoms with van der Waals surface area (Å²) in [5.74, 6) is -0.341. The van der Waals surface area contributed by atoms with Gasteiger partial charge in [-0.05, 0) is 41.4 Å². The van der Waals surface area contributed by atoms with Crippen LogP contribution in [0.2, 0.25) is 0 Å². The van der Waals surface area contributed by atoms with Gasteiger partial charge in [-0.1, -0.05) is 35.7 Å². The largest absolute Gasteiger partial charge is 0.465 e. The Hall–Kier alpha value is -0.550. The summed E-state index contributed by atoms with van der Waals surface area (Å²) in [5.41, 5.74) is 1.32. The van der Waals surface area contributed by atoms with E-state index < -0.39 is 0 Å². The van der Waals surface area contributed by atoms with Crippen molar-refractivity contribution in [3.8, 4) is 0 Å². The molecule has 1 unspecified atom stereocenters. The molecule has 1 aromatic carbocycles. The first kappa shape index (κ1) is 16.5. The number of rotatable bonds is 6. The number of unbranched alkanes of at least 4 members (excludes halogenated alkanes) is 1. The molecule has 0 aromatic heterocycles. The molecule has 0 fully saturated rings. The Bertz CT molecular complexity index is 449. The van der Waals surface area contributed by atoms with Gasteiger partial charge in [0.25, 0.3) is 0 Å². The first-order chi connectivity index (χ1) is 8.99. The molecule has 1 aromatic rings. The molecule has 1 N–H and O–H groups in total. The second-order valence-electron chi connectivity index (χ2n) is 4.49. The van der Waals surface area contributed by atoms with Gasteiger partial charge in [-0.3, -0.25) is 0 Å². The average molecular weight is 393 g/mol. The summed E-state index contributed by atoms with van der Waals surface area (Å²) >= 11 is 6.88. The van der Waals surface area contributed by atoms with Gasteiger partial charge in [0, 0.05) is 15.0 Å². The van der Waals surface area contributed by atoms with Crippen molar-refractivity contribution in [3.05, 3.63) is 26.6 Å². The molecule has 1 atom stereocenters. The second-order valence-corrected chi connectivity index (χ2v) is 6.26. The lowest BCUT2D eigenvalue weighted by Crippen LogP contribution is -2.18. The molecule has 1 rings (SSSR count). The standard InChI is InChI=1S/C14H19Br2NO2/c1-4-5-6-9(2)17-13-11(14(18)19-3)7-10(15)8-12(13)16/h7-9,17H,4-6H2,1-3H3. The maximum absolute atomic E-state index is 11.8. The summed E-state index contributed by atoms with van der Waals surface area (Å²) in [6.07, 6.45) is 3.40. The molecule has 106 valence electrons. The van der Waals surface area contributed by atoms with E-state index >= 15 is 0 Å². The van der Waals surface area contributed by atoms with Gasteiger partial charge in [0.1, 0.15) is 0 Å². The van der Waals surface area contributed by atoms with Crippen LogP contribution in [0.5, 0.6) is 0 Å². The summed E-state index contributed by atoms with van der Waals surface area (Å²) in [6, 6.07) is 3.99. The number of nitrogens with one attached hydrogen (secondary N) is 1. The normalized spacial score (nSPS) is 12.1. The lowest BCUT2D eigenvalue weighted by Gasteiger charge is -2.19. The smallest absolute Gasteiger partial charge is 0.340 e. The number of esters is 1. The van der Waals surface area contributed by atoms with Crippen molar-refractivity contribution in [2.24, 2.45) is 0 Å². The number of ether oxygens (including phenoxy) is 1. The highest BCUT2D eigenvalue weighted by Gasteiger charge is 2.17. The van der Waals surface area contributed by atoms with E-state index in [1.807, 2.05) is 6.07 Å².